The number of hydrogen-bond donors (Lipinski definition) is 0. The van der Waals surface area contributed by atoms with Crippen molar-refractivity contribution in [3.8, 4) is 0 Å². The third-order valence-corrected chi connectivity index (χ3v) is 4.90. The SMILES string of the molecule is O=c1cc2c(nn1CN1CCSCC1)CCCCC2. The first kappa shape index (κ1) is 13.2. The summed E-state index contributed by atoms with van der Waals surface area (Å²) < 4.78 is 1.67. The van der Waals surface area contributed by atoms with Gasteiger partial charge in [-0.2, -0.15) is 16.9 Å². The molecule has 0 amide bonds. The van der Waals surface area contributed by atoms with Crippen molar-refractivity contribution in [2.24, 2.45) is 0 Å². The first-order chi connectivity index (χ1) is 9.33. The normalized spacial score (nSPS) is 20.8. The summed E-state index contributed by atoms with van der Waals surface area (Å²) in [6.45, 7) is 2.79. The average molecular weight is 279 g/mol. The highest BCUT2D eigenvalue weighted by molar-refractivity contribution is 7.99. The fourth-order valence-electron chi connectivity index (χ4n) is 2.81. The van der Waals surface area contributed by atoms with Crippen molar-refractivity contribution in [3.05, 3.63) is 27.7 Å². The third-order valence-electron chi connectivity index (χ3n) is 3.96. The number of rotatable bonds is 2. The van der Waals surface area contributed by atoms with Crippen LogP contribution in [-0.2, 0) is 19.5 Å². The van der Waals surface area contributed by atoms with Gasteiger partial charge >= 0.3 is 0 Å². The van der Waals surface area contributed by atoms with Crippen molar-refractivity contribution in [1.82, 2.24) is 14.7 Å². The molecule has 19 heavy (non-hydrogen) atoms. The van der Waals surface area contributed by atoms with Crippen LogP contribution >= 0.6 is 11.8 Å². The van der Waals surface area contributed by atoms with E-state index in [2.05, 4.69) is 10.00 Å². The predicted octanol–water partition coefficient (Wildman–Crippen LogP) is 1.52. The quantitative estimate of drug-likeness (QED) is 0.769. The summed E-state index contributed by atoms with van der Waals surface area (Å²) >= 11 is 1.99. The lowest BCUT2D eigenvalue weighted by Crippen LogP contribution is -2.39. The maximum absolute atomic E-state index is 12.1. The van der Waals surface area contributed by atoms with Gasteiger partial charge in [0.15, 0.2) is 0 Å². The lowest BCUT2D eigenvalue weighted by atomic mass is 10.1. The Kier molecular flexibility index (Phi) is 4.23. The van der Waals surface area contributed by atoms with E-state index in [1.807, 2.05) is 17.8 Å². The minimum atomic E-state index is 0.0684. The van der Waals surface area contributed by atoms with E-state index in [9.17, 15) is 4.79 Å². The van der Waals surface area contributed by atoms with Crippen LogP contribution in [-0.4, -0.2) is 39.3 Å². The van der Waals surface area contributed by atoms with Crippen molar-refractivity contribution in [1.29, 1.82) is 0 Å². The van der Waals surface area contributed by atoms with Gasteiger partial charge in [-0.1, -0.05) is 6.42 Å². The number of fused-ring (bicyclic) bond motifs is 1. The Bertz CT molecular complexity index is 494. The van der Waals surface area contributed by atoms with E-state index in [4.69, 9.17) is 0 Å². The molecule has 2 heterocycles. The lowest BCUT2D eigenvalue weighted by molar-refractivity contribution is 0.221. The van der Waals surface area contributed by atoms with Crippen LogP contribution in [0.1, 0.15) is 30.5 Å². The Balaban J connectivity index is 1.81. The lowest BCUT2D eigenvalue weighted by Gasteiger charge is -2.26. The molecular formula is C14H21N3OS. The molecule has 1 aliphatic heterocycles. The van der Waals surface area contributed by atoms with Crippen LogP contribution in [0.3, 0.4) is 0 Å². The minimum absolute atomic E-state index is 0.0684. The summed E-state index contributed by atoms with van der Waals surface area (Å²) in [5, 5.41) is 4.62. The van der Waals surface area contributed by atoms with E-state index in [-0.39, 0.29) is 5.56 Å². The Labute approximate surface area is 118 Å². The van der Waals surface area contributed by atoms with Gasteiger partial charge in [0.2, 0.25) is 0 Å². The van der Waals surface area contributed by atoms with Crippen LogP contribution in [0.25, 0.3) is 0 Å². The van der Waals surface area contributed by atoms with Gasteiger partial charge in [-0.3, -0.25) is 9.69 Å². The Morgan fingerprint density at radius 2 is 1.95 bits per heavy atom. The molecule has 0 saturated carbocycles. The van der Waals surface area contributed by atoms with Crippen LogP contribution in [0.15, 0.2) is 10.9 Å². The van der Waals surface area contributed by atoms with E-state index in [0.29, 0.717) is 6.67 Å². The monoisotopic (exact) mass is 279 g/mol. The first-order valence-corrected chi connectivity index (χ1v) is 8.38. The minimum Gasteiger partial charge on any atom is -0.283 e. The molecule has 0 bridgehead atoms. The zero-order valence-electron chi connectivity index (χ0n) is 11.3. The maximum atomic E-state index is 12.1. The molecule has 4 nitrogen and oxygen atoms in total. The Morgan fingerprint density at radius 1 is 1.16 bits per heavy atom. The first-order valence-electron chi connectivity index (χ1n) is 7.23. The number of nitrogens with zero attached hydrogens (tertiary/aromatic N) is 3. The Hall–Kier alpha value is -0.810. The summed E-state index contributed by atoms with van der Waals surface area (Å²) in [6.07, 6.45) is 5.72. The van der Waals surface area contributed by atoms with Gasteiger partial charge < -0.3 is 0 Å². The topological polar surface area (TPSA) is 38.1 Å². The molecule has 1 aliphatic carbocycles. The van der Waals surface area contributed by atoms with Crippen LogP contribution in [0.4, 0.5) is 0 Å². The van der Waals surface area contributed by atoms with E-state index < -0.39 is 0 Å². The summed E-state index contributed by atoms with van der Waals surface area (Å²) in [7, 11) is 0. The molecular weight excluding hydrogens is 258 g/mol. The number of aromatic nitrogens is 2. The molecule has 1 fully saturated rings. The highest BCUT2D eigenvalue weighted by Gasteiger charge is 2.15. The van der Waals surface area contributed by atoms with Crippen LogP contribution < -0.4 is 5.56 Å². The molecule has 2 aliphatic rings. The average Bonchev–Trinajstić information content (AvgIpc) is 2.65. The summed E-state index contributed by atoms with van der Waals surface area (Å²) in [5.41, 5.74) is 2.41. The van der Waals surface area contributed by atoms with Crippen LogP contribution in [0.5, 0.6) is 0 Å². The number of thioether (sulfide) groups is 1. The van der Waals surface area contributed by atoms with Crippen LogP contribution in [0, 0.1) is 0 Å². The van der Waals surface area contributed by atoms with Crippen molar-refractivity contribution >= 4 is 11.8 Å². The van der Waals surface area contributed by atoms with Gasteiger partial charge in [0.1, 0.15) is 0 Å². The summed E-state index contributed by atoms with van der Waals surface area (Å²) in [4.78, 5) is 14.5. The molecule has 0 atom stereocenters. The summed E-state index contributed by atoms with van der Waals surface area (Å²) in [6, 6.07) is 1.83. The molecule has 1 saturated heterocycles. The standard InChI is InChI=1S/C14H21N3OS/c18-14-10-12-4-2-1-3-5-13(12)15-17(14)11-16-6-8-19-9-7-16/h10H,1-9,11H2. The molecule has 3 rings (SSSR count). The third kappa shape index (κ3) is 3.20. The summed E-state index contributed by atoms with van der Waals surface area (Å²) in [5.74, 6) is 2.33. The molecule has 1 aromatic heterocycles. The predicted molar refractivity (Wildman–Crippen MR) is 78.7 cm³/mol. The van der Waals surface area contributed by atoms with Crippen molar-refractivity contribution < 1.29 is 0 Å². The zero-order valence-corrected chi connectivity index (χ0v) is 12.1. The fraction of sp³-hybridized carbons (Fsp3) is 0.714. The fourth-order valence-corrected chi connectivity index (χ4v) is 3.79. The molecule has 0 unspecified atom stereocenters. The highest BCUT2D eigenvalue weighted by Crippen LogP contribution is 2.17. The second-order valence-corrected chi connectivity index (χ2v) is 6.61. The van der Waals surface area contributed by atoms with Crippen molar-refractivity contribution in [2.75, 3.05) is 24.6 Å². The van der Waals surface area contributed by atoms with Gasteiger partial charge in [-0.05, 0) is 31.2 Å². The van der Waals surface area contributed by atoms with Gasteiger partial charge in [0, 0.05) is 30.7 Å². The molecule has 104 valence electrons. The zero-order chi connectivity index (χ0) is 13.1. The largest absolute Gasteiger partial charge is 0.283 e. The van der Waals surface area contributed by atoms with Gasteiger partial charge in [-0.15, -0.1) is 0 Å². The van der Waals surface area contributed by atoms with Gasteiger partial charge in [0.25, 0.3) is 5.56 Å². The van der Waals surface area contributed by atoms with E-state index in [1.165, 1.54) is 36.3 Å². The maximum Gasteiger partial charge on any atom is 0.268 e. The molecule has 5 heteroatoms. The van der Waals surface area contributed by atoms with Crippen molar-refractivity contribution in [3.63, 3.8) is 0 Å². The second kappa shape index (κ2) is 6.09. The Morgan fingerprint density at radius 3 is 2.79 bits per heavy atom. The molecule has 0 radical (unpaired) electrons. The molecule has 1 aromatic rings. The van der Waals surface area contributed by atoms with Gasteiger partial charge in [0.05, 0.1) is 12.4 Å². The molecule has 0 N–H and O–H groups in total. The van der Waals surface area contributed by atoms with E-state index in [1.54, 1.807) is 4.68 Å². The second-order valence-electron chi connectivity index (χ2n) is 5.39. The van der Waals surface area contributed by atoms with Crippen LogP contribution in [0.2, 0.25) is 0 Å². The number of hydrogen-bond acceptors (Lipinski definition) is 4. The number of aryl methyl sites for hydroxylation is 2. The molecule has 0 spiro atoms. The van der Waals surface area contributed by atoms with Crippen molar-refractivity contribution in [2.45, 2.75) is 38.8 Å². The van der Waals surface area contributed by atoms with E-state index in [0.717, 1.165) is 31.6 Å². The smallest absolute Gasteiger partial charge is 0.268 e. The molecule has 0 aromatic carbocycles. The van der Waals surface area contributed by atoms with Gasteiger partial charge in [-0.25, -0.2) is 4.68 Å². The van der Waals surface area contributed by atoms with E-state index >= 15 is 0 Å². The highest BCUT2D eigenvalue weighted by atomic mass is 32.2.